The van der Waals surface area contributed by atoms with Crippen LogP contribution in [-0.2, 0) is 14.8 Å². The number of nitrogens with zero attached hydrogens (tertiary/aromatic N) is 1. The molecule has 0 aromatic heterocycles. The minimum Gasteiger partial charge on any atom is -0.392 e. The molecule has 0 saturated carbocycles. The Hall–Kier alpha value is -1.51. The number of rotatable bonds is 6. The summed E-state index contributed by atoms with van der Waals surface area (Å²) in [7, 11) is -3.69. The molecule has 0 saturated heterocycles. The zero-order chi connectivity index (χ0) is 16.2. The second-order valence-electron chi connectivity index (χ2n) is 4.82. The van der Waals surface area contributed by atoms with E-state index < -0.39 is 10.0 Å². The number of carbonyl (C=O) groups is 1. The van der Waals surface area contributed by atoms with Crippen molar-refractivity contribution in [2.24, 2.45) is 5.73 Å². The number of anilines is 1. The molecule has 1 rings (SSSR count). The summed E-state index contributed by atoms with van der Waals surface area (Å²) in [6.45, 7) is 4.87. The van der Waals surface area contributed by atoms with E-state index in [2.05, 4.69) is 5.32 Å². The molecule has 0 atom stereocenters. The van der Waals surface area contributed by atoms with E-state index in [9.17, 15) is 13.2 Å². The molecular weight excluding hydrogens is 310 g/mol. The summed E-state index contributed by atoms with van der Waals surface area (Å²) in [6.07, 6.45) is 0. The van der Waals surface area contributed by atoms with Crippen LogP contribution in [0.3, 0.4) is 0 Å². The van der Waals surface area contributed by atoms with Crippen LogP contribution in [0.2, 0.25) is 0 Å². The van der Waals surface area contributed by atoms with Gasteiger partial charge in [0.25, 0.3) is 0 Å². The van der Waals surface area contributed by atoms with E-state index in [1.165, 1.54) is 35.5 Å². The average molecular weight is 329 g/mol. The molecule has 1 aromatic carbocycles. The number of nitrogens with two attached hydrogens (primary N) is 1. The van der Waals surface area contributed by atoms with Gasteiger partial charge in [0.05, 0.1) is 16.4 Å². The van der Waals surface area contributed by atoms with Crippen LogP contribution in [0.4, 0.5) is 5.69 Å². The van der Waals surface area contributed by atoms with Crippen LogP contribution in [0, 0.1) is 0 Å². The molecule has 0 fully saturated rings. The van der Waals surface area contributed by atoms with E-state index in [1.807, 2.05) is 0 Å². The summed E-state index contributed by atoms with van der Waals surface area (Å²) < 4.78 is 26.4. The smallest absolute Gasteiger partial charge is 0.243 e. The lowest BCUT2D eigenvalue weighted by atomic mass is 10.3. The first-order chi connectivity index (χ1) is 9.64. The van der Waals surface area contributed by atoms with Crippen molar-refractivity contribution >= 4 is 38.8 Å². The Balaban J connectivity index is 3.10. The second-order valence-corrected chi connectivity index (χ2v) is 7.23. The molecule has 0 radical (unpaired) electrons. The van der Waals surface area contributed by atoms with Gasteiger partial charge in [-0.15, -0.1) is 0 Å². The molecule has 3 N–H and O–H groups in total. The average Bonchev–Trinajstić information content (AvgIpc) is 2.35. The van der Waals surface area contributed by atoms with E-state index >= 15 is 0 Å². The maximum atomic E-state index is 12.6. The fourth-order valence-corrected chi connectivity index (χ4v) is 3.58. The standard InChI is InChI=1S/C13H19N3O3S2/c1-9(2)16(8-13(14)20)21(18,19)12-6-4-11(5-7-12)15-10(3)17/h4-7,9H,8H2,1-3H3,(H2,14,20)(H,15,17). The number of sulfonamides is 1. The highest BCUT2D eigenvalue weighted by molar-refractivity contribution is 7.89. The molecule has 6 nitrogen and oxygen atoms in total. The largest absolute Gasteiger partial charge is 0.392 e. The van der Waals surface area contributed by atoms with Gasteiger partial charge in [0.1, 0.15) is 0 Å². The van der Waals surface area contributed by atoms with E-state index in [4.69, 9.17) is 18.0 Å². The van der Waals surface area contributed by atoms with Gasteiger partial charge in [-0.3, -0.25) is 4.79 Å². The molecule has 0 heterocycles. The summed E-state index contributed by atoms with van der Waals surface area (Å²) in [4.78, 5) is 11.2. The van der Waals surface area contributed by atoms with E-state index in [1.54, 1.807) is 13.8 Å². The number of carbonyl (C=O) groups excluding carboxylic acids is 1. The first kappa shape index (κ1) is 17.5. The summed E-state index contributed by atoms with van der Waals surface area (Å²) in [6, 6.07) is 5.68. The van der Waals surface area contributed by atoms with Crippen LogP contribution in [0.1, 0.15) is 20.8 Å². The fraction of sp³-hybridized carbons (Fsp3) is 0.385. The topological polar surface area (TPSA) is 92.5 Å². The van der Waals surface area contributed by atoms with Gasteiger partial charge >= 0.3 is 0 Å². The molecule has 8 heteroatoms. The molecule has 1 aromatic rings. The van der Waals surface area contributed by atoms with Crippen LogP contribution in [0.15, 0.2) is 29.2 Å². The van der Waals surface area contributed by atoms with Crippen molar-refractivity contribution in [2.45, 2.75) is 31.7 Å². The number of thiocarbonyl (C=S) groups is 1. The predicted octanol–water partition coefficient (Wildman–Crippen LogP) is 1.33. The highest BCUT2D eigenvalue weighted by atomic mass is 32.2. The lowest BCUT2D eigenvalue weighted by Crippen LogP contribution is -2.42. The van der Waals surface area contributed by atoms with Crippen molar-refractivity contribution in [1.29, 1.82) is 0 Å². The molecule has 116 valence electrons. The summed E-state index contributed by atoms with van der Waals surface area (Å²) in [5, 5.41) is 2.58. The zero-order valence-corrected chi connectivity index (χ0v) is 13.8. The van der Waals surface area contributed by atoms with E-state index in [0.717, 1.165) is 0 Å². The Bertz CT molecular complexity index is 625. The summed E-state index contributed by atoms with van der Waals surface area (Å²) in [5.74, 6) is -0.220. The van der Waals surface area contributed by atoms with Gasteiger partial charge in [0.2, 0.25) is 15.9 Å². The van der Waals surface area contributed by atoms with Crippen LogP contribution >= 0.6 is 12.2 Å². The highest BCUT2D eigenvalue weighted by Gasteiger charge is 2.27. The molecule has 0 aliphatic heterocycles. The van der Waals surface area contributed by atoms with Gasteiger partial charge in [0.15, 0.2) is 0 Å². The minimum atomic E-state index is -3.69. The maximum absolute atomic E-state index is 12.6. The van der Waals surface area contributed by atoms with E-state index in [0.29, 0.717) is 5.69 Å². The Labute approximate surface area is 130 Å². The first-order valence-corrected chi connectivity index (χ1v) is 8.17. The Morgan fingerprint density at radius 2 is 1.86 bits per heavy atom. The summed E-state index contributed by atoms with van der Waals surface area (Å²) in [5.41, 5.74) is 6.00. The van der Waals surface area contributed by atoms with Gasteiger partial charge in [0, 0.05) is 18.7 Å². The van der Waals surface area contributed by atoms with Crippen molar-refractivity contribution in [3.05, 3.63) is 24.3 Å². The van der Waals surface area contributed by atoms with Crippen molar-refractivity contribution in [3.63, 3.8) is 0 Å². The minimum absolute atomic E-state index is 0.0111. The van der Waals surface area contributed by atoms with Gasteiger partial charge in [-0.1, -0.05) is 12.2 Å². The lowest BCUT2D eigenvalue weighted by Gasteiger charge is -2.25. The second kappa shape index (κ2) is 6.97. The number of benzene rings is 1. The molecule has 0 aliphatic rings. The Morgan fingerprint density at radius 3 is 2.24 bits per heavy atom. The van der Waals surface area contributed by atoms with Crippen LogP contribution in [0.5, 0.6) is 0 Å². The molecule has 1 amide bonds. The molecule has 0 spiro atoms. The molecule has 0 bridgehead atoms. The first-order valence-electron chi connectivity index (χ1n) is 6.32. The molecular formula is C13H19N3O3S2. The van der Waals surface area contributed by atoms with Gasteiger partial charge in [-0.2, -0.15) is 4.31 Å². The van der Waals surface area contributed by atoms with Crippen LogP contribution in [-0.4, -0.2) is 36.2 Å². The van der Waals surface area contributed by atoms with Crippen molar-refractivity contribution in [3.8, 4) is 0 Å². The van der Waals surface area contributed by atoms with Gasteiger partial charge < -0.3 is 11.1 Å². The molecule has 0 aliphatic carbocycles. The third-order valence-electron chi connectivity index (χ3n) is 2.67. The monoisotopic (exact) mass is 329 g/mol. The quantitative estimate of drug-likeness (QED) is 0.768. The van der Waals surface area contributed by atoms with Gasteiger partial charge in [-0.25, -0.2) is 8.42 Å². The molecule has 0 unspecified atom stereocenters. The fourth-order valence-electron chi connectivity index (χ4n) is 1.75. The third kappa shape index (κ3) is 4.76. The number of nitrogens with one attached hydrogen (secondary N) is 1. The van der Waals surface area contributed by atoms with Crippen LogP contribution < -0.4 is 11.1 Å². The lowest BCUT2D eigenvalue weighted by molar-refractivity contribution is -0.114. The van der Waals surface area contributed by atoms with Gasteiger partial charge in [-0.05, 0) is 38.1 Å². The Morgan fingerprint density at radius 1 is 1.33 bits per heavy atom. The SMILES string of the molecule is CC(=O)Nc1ccc(S(=O)(=O)N(CC(N)=S)C(C)C)cc1. The van der Waals surface area contributed by atoms with Crippen molar-refractivity contribution in [2.75, 3.05) is 11.9 Å². The van der Waals surface area contributed by atoms with Crippen molar-refractivity contribution < 1.29 is 13.2 Å². The number of hydrogen-bond donors (Lipinski definition) is 2. The molecule has 21 heavy (non-hydrogen) atoms. The zero-order valence-electron chi connectivity index (χ0n) is 12.2. The maximum Gasteiger partial charge on any atom is 0.243 e. The number of hydrogen-bond acceptors (Lipinski definition) is 4. The Kier molecular flexibility index (Phi) is 5.82. The third-order valence-corrected chi connectivity index (χ3v) is 4.83. The number of amides is 1. The van der Waals surface area contributed by atoms with Crippen molar-refractivity contribution in [1.82, 2.24) is 4.31 Å². The summed E-state index contributed by atoms with van der Waals surface area (Å²) >= 11 is 4.80. The highest BCUT2D eigenvalue weighted by Crippen LogP contribution is 2.20. The van der Waals surface area contributed by atoms with E-state index in [-0.39, 0.29) is 28.4 Å². The van der Waals surface area contributed by atoms with Crippen LogP contribution in [0.25, 0.3) is 0 Å². The normalized spacial score (nSPS) is 11.7. The predicted molar refractivity (Wildman–Crippen MR) is 86.6 cm³/mol.